The summed E-state index contributed by atoms with van der Waals surface area (Å²) in [5.41, 5.74) is 0. The van der Waals surface area contributed by atoms with Crippen molar-refractivity contribution in [3.8, 4) is 0 Å². The Balaban J connectivity index is -0.000000226. The van der Waals surface area contributed by atoms with Gasteiger partial charge in [-0.1, -0.05) is 48.6 Å². The maximum Gasteiger partial charge on any atom is 3.00 e. The van der Waals surface area contributed by atoms with E-state index in [2.05, 4.69) is 48.6 Å². The Kier molecular flexibility index (Phi) is 34.1. The maximum atomic E-state index is 10.1. The van der Waals surface area contributed by atoms with Crippen LogP contribution >= 0.6 is 0 Å². The van der Waals surface area contributed by atoms with Crippen LogP contribution in [0.4, 0.5) is 0 Å². The number of carboxylic acid groups (broad SMARTS) is 3. The fourth-order valence-corrected chi connectivity index (χ4v) is 2.61. The van der Waals surface area contributed by atoms with E-state index in [1.165, 1.54) is 51.4 Å². The molecule has 0 atom stereocenters. The molecule has 0 saturated heterocycles. The smallest absolute Gasteiger partial charge is 0.542 e. The van der Waals surface area contributed by atoms with E-state index in [9.17, 15) is 58.5 Å². The molecular weight excluding hydrogens is 667 g/mol. The number of hydrogen-bond acceptors (Lipinski definition) is 12. The fraction of sp³-hybridized carbons (Fsp3) is 0.452. The molecule has 44 heavy (non-hydrogen) atoms. The molecule has 244 valence electrons. The van der Waals surface area contributed by atoms with Gasteiger partial charge < -0.3 is 29.7 Å². The van der Waals surface area contributed by atoms with Crippen LogP contribution in [0.25, 0.3) is 0 Å². The first-order valence-electron chi connectivity index (χ1n) is 13.4. The molecule has 12 nitrogen and oxygen atoms in total. The van der Waals surface area contributed by atoms with Crippen LogP contribution in [0.15, 0.2) is 48.6 Å². The first-order chi connectivity index (χ1) is 20.1. The number of Topliss-reactive ketones (excluding diaryl/α,β-unsaturated/α-hetero) is 6. The first-order valence-corrected chi connectivity index (χ1v) is 13.4. The number of carboxylic acids is 3. The third kappa shape index (κ3) is 40.2. The zero-order chi connectivity index (χ0) is 33.6. The van der Waals surface area contributed by atoms with Crippen molar-refractivity contribution in [1.29, 1.82) is 0 Å². The van der Waals surface area contributed by atoms with Gasteiger partial charge in [0.25, 0.3) is 0 Å². The van der Waals surface area contributed by atoms with E-state index in [1.807, 2.05) is 0 Å². The molecule has 0 spiro atoms. The van der Waals surface area contributed by atoms with Crippen LogP contribution in [0.5, 0.6) is 0 Å². The number of allylic oxidation sites excluding steroid dienone is 8. The van der Waals surface area contributed by atoms with Crippen LogP contribution in [0.3, 0.4) is 0 Å². The van der Waals surface area contributed by atoms with E-state index >= 15 is 0 Å². The van der Waals surface area contributed by atoms with Gasteiger partial charge in [0, 0.05) is 0 Å². The van der Waals surface area contributed by atoms with Crippen molar-refractivity contribution in [2.75, 3.05) is 0 Å². The summed E-state index contributed by atoms with van der Waals surface area (Å²) in [6, 6.07) is 0. The molecule has 2 aliphatic carbocycles. The zero-order valence-electron chi connectivity index (χ0n) is 25.1. The standard InChI is InChI=1S/2C8H12.3C5H6O4.Rh/c2*1-2-4-6-8-7-5-3-1;3*1-3(6)2-4(7)5(8)9;/h2*1-2,7-8H,3-6H2;3*2H2,1H3,(H,8,9);/q;;;;;+3/p-3/b2*2-1-,8-7?;;;;. The molecule has 0 aromatic heterocycles. The van der Waals surface area contributed by atoms with Gasteiger partial charge in [-0.15, -0.1) is 0 Å². The monoisotopic (exact) mass is 706 g/mol. The van der Waals surface area contributed by atoms with E-state index in [0.29, 0.717) is 0 Å². The second-order valence-electron chi connectivity index (χ2n) is 8.96. The first kappa shape index (κ1) is 47.0. The normalized spacial score (nSPS) is 14.0. The van der Waals surface area contributed by atoms with E-state index in [1.54, 1.807) is 0 Å². The quantitative estimate of drug-likeness (QED) is 0.136. The van der Waals surface area contributed by atoms with Crippen LogP contribution in [0.2, 0.25) is 0 Å². The summed E-state index contributed by atoms with van der Waals surface area (Å²) in [4.78, 5) is 89.2. The predicted molar refractivity (Wildman–Crippen MR) is 149 cm³/mol. The molecule has 0 bridgehead atoms. The molecule has 0 heterocycles. The van der Waals surface area contributed by atoms with Crippen molar-refractivity contribution in [3.05, 3.63) is 48.6 Å². The summed E-state index contributed by atoms with van der Waals surface area (Å²) in [5.74, 6) is -10.3. The van der Waals surface area contributed by atoms with Crippen LogP contribution in [-0.2, 0) is 62.6 Å². The van der Waals surface area contributed by atoms with E-state index < -0.39 is 71.9 Å². The van der Waals surface area contributed by atoms with E-state index in [4.69, 9.17) is 0 Å². The van der Waals surface area contributed by atoms with Gasteiger partial charge in [-0.3, -0.25) is 28.8 Å². The topological polar surface area (TPSA) is 223 Å². The van der Waals surface area contributed by atoms with Crippen LogP contribution in [0, 0.1) is 0 Å². The number of carbonyl (C=O) groups is 9. The minimum Gasteiger partial charge on any atom is -0.542 e. The molecule has 13 heteroatoms. The summed E-state index contributed by atoms with van der Waals surface area (Å²) in [6.45, 7) is 3.42. The molecule has 2 aliphatic rings. The molecule has 0 amide bonds. The Morgan fingerprint density at radius 2 is 0.523 bits per heavy atom. The second-order valence-corrected chi connectivity index (χ2v) is 8.96. The van der Waals surface area contributed by atoms with Gasteiger partial charge in [0.05, 0.1) is 19.3 Å². The largest absolute Gasteiger partial charge is 3.00 e. The van der Waals surface area contributed by atoms with Gasteiger partial charge in [-0.05, 0) is 72.1 Å². The summed E-state index contributed by atoms with van der Waals surface area (Å²) in [5, 5.41) is 28.9. The van der Waals surface area contributed by atoms with Crippen molar-refractivity contribution in [1.82, 2.24) is 0 Å². The Bertz CT molecular complexity index is 911. The third-order valence-corrected chi connectivity index (χ3v) is 4.58. The van der Waals surface area contributed by atoms with Gasteiger partial charge in [0.2, 0.25) is 0 Å². The minimum absolute atomic E-state index is 0. The minimum atomic E-state index is -1.80. The molecule has 0 fully saturated rings. The second kappa shape index (κ2) is 31.9. The van der Waals surface area contributed by atoms with Crippen molar-refractivity contribution in [2.45, 2.75) is 91.4 Å². The van der Waals surface area contributed by atoms with Crippen LogP contribution < -0.4 is 15.3 Å². The Morgan fingerprint density at radius 3 is 0.591 bits per heavy atom. The predicted octanol–water partition coefficient (Wildman–Crippen LogP) is 0.197. The van der Waals surface area contributed by atoms with Crippen LogP contribution in [-0.4, -0.2) is 52.6 Å². The van der Waals surface area contributed by atoms with Gasteiger partial charge >= 0.3 is 19.5 Å². The SMILES string of the molecule is C1=CCC/C=C\CC1.C1=CCC/C=C\CC1.CC(=O)CC(=O)C(=O)[O-].CC(=O)CC(=O)C(=O)[O-].CC(=O)CC(=O)C(=O)[O-].[Rh+3]. The molecule has 0 saturated carbocycles. The summed E-state index contributed by atoms with van der Waals surface area (Å²) in [7, 11) is 0. The van der Waals surface area contributed by atoms with Gasteiger partial charge in [0.15, 0.2) is 17.3 Å². The van der Waals surface area contributed by atoms with Gasteiger partial charge in [-0.25, -0.2) is 0 Å². The van der Waals surface area contributed by atoms with Crippen molar-refractivity contribution in [2.24, 2.45) is 0 Å². The Morgan fingerprint density at radius 1 is 0.386 bits per heavy atom. The molecule has 0 unspecified atom stereocenters. The van der Waals surface area contributed by atoms with Crippen molar-refractivity contribution >= 4 is 52.6 Å². The number of ketones is 6. The number of hydrogen-bond donors (Lipinski definition) is 0. The number of aliphatic carboxylic acids is 3. The molecule has 0 aromatic rings. The fourth-order valence-electron chi connectivity index (χ4n) is 2.61. The Labute approximate surface area is 270 Å². The van der Waals surface area contributed by atoms with Crippen molar-refractivity contribution < 1.29 is 77.9 Å². The average Bonchev–Trinajstić information content (AvgIpc) is 2.83. The summed E-state index contributed by atoms with van der Waals surface area (Å²) >= 11 is 0. The third-order valence-electron chi connectivity index (χ3n) is 4.58. The molecular formula is C31H39O12Rh. The van der Waals surface area contributed by atoms with E-state index in [-0.39, 0.29) is 19.5 Å². The molecule has 0 aliphatic heterocycles. The molecule has 0 N–H and O–H groups in total. The van der Waals surface area contributed by atoms with Crippen molar-refractivity contribution in [3.63, 3.8) is 0 Å². The summed E-state index contributed by atoms with van der Waals surface area (Å²) in [6.07, 6.45) is 26.3. The maximum absolute atomic E-state index is 10.1. The molecule has 2 rings (SSSR count). The zero-order valence-corrected chi connectivity index (χ0v) is 26.8. The average molecular weight is 707 g/mol. The molecule has 0 radical (unpaired) electrons. The molecule has 0 aromatic carbocycles. The van der Waals surface area contributed by atoms with Crippen LogP contribution in [0.1, 0.15) is 91.4 Å². The van der Waals surface area contributed by atoms with Gasteiger partial charge in [-0.2, -0.15) is 0 Å². The van der Waals surface area contributed by atoms with Gasteiger partial charge in [0.1, 0.15) is 35.3 Å². The number of rotatable bonds is 9. The Hall–Kier alpha value is -3.99. The number of carbonyl (C=O) groups excluding carboxylic acids is 9. The summed E-state index contributed by atoms with van der Waals surface area (Å²) < 4.78 is 0. The van der Waals surface area contributed by atoms with E-state index in [0.717, 1.165) is 20.8 Å².